The maximum atomic E-state index is 13.0. The van der Waals surface area contributed by atoms with Gasteiger partial charge in [-0.05, 0) is 17.5 Å². The highest BCUT2D eigenvalue weighted by molar-refractivity contribution is 5.90. The van der Waals surface area contributed by atoms with Gasteiger partial charge in [-0.25, -0.2) is 4.98 Å². The Morgan fingerprint density at radius 1 is 1.14 bits per heavy atom. The van der Waals surface area contributed by atoms with Crippen molar-refractivity contribution in [2.75, 3.05) is 13.7 Å². The average molecular weight is 478 g/mol. The first-order valence-corrected chi connectivity index (χ1v) is 11.6. The summed E-state index contributed by atoms with van der Waals surface area (Å²) in [6.45, 7) is 5.43. The molecule has 0 bridgehead atoms. The van der Waals surface area contributed by atoms with Crippen LogP contribution in [0.15, 0.2) is 54.6 Å². The standard InChI is InChI=1S/C27H31N3O5/c1-27(2,3)24(31)26(33)30-15-18(13-22(30)25(28)32)35-23-14-20(16-8-6-5-7-9-16)29-21-12-17(34-4)10-11-19(21)23/h5-12,14,18,22,24,31H,13,15H2,1-4H3,(H2,28,32)/t18-,22?,24-/m1/s1. The number of aliphatic hydroxyl groups excluding tert-OH is 1. The molecule has 1 fully saturated rings. The fourth-order valence-corrected chi connectivity index (χ4v) is 4.26. The Labute approximate surface area is 204 Å². The van der Waals surface area contributed by atoms with Crippen LogP contribution in [0.1, 0.15) is 27.2 Å². The highest BCUT2D eigenvalue weighted by Crippen LogP contribution is 2.35. The summed E-state index contributed by atoms with van der Waals surface area (Å²) in [6, 6.07) is 16.3. The number of amides is 2. The van der Waals surface area contributed by atoms with Gasteiger partial charge in [0.2, 0.25) is 5.91 Å². The number of methoxy groups -OCH3 is 1. The summed E-state index contributed by atoms with van der Waals surface area (Å²) in [5.41, 5.74) is 7.29. The number of primary amides is 1. The summed E-state index contributed by atoms with van der Waals surface area (Å²) in [6.07, 6.45) is -1.51. The van der Waals surface area contributed by atoms with Crippen molar-refractivity contribution in [3.63, 3.8) is 0 Å². The number of carbonyl (C=O) groups is 2. The van der Waals surface area contributed by atoms with E-state index in [1.807, 2.05) is 54.6 Å². The first kappa shape index (κ1) is 24.5. The lowest BCUT2D eigenvalue weighted by atomic mass is 9.88. The van der Waals surface area contributed by atoms with E-state index in [-0.39, 0.29) is 13.0 Å². The lowest BCUT2D eigenvalue weighted by molar-refractivity contribution is -0.149. The van der Waals surface area contributed by atoms with Crippen LogP contribution in [0, 0.1) is 5.41 Å². The molecule has 8 nitrogen and oxygen atoms in total. The third kappa shape index (κ3) is 5.07. The maximum absolute atomic E-state index is 13.0. The van der Waals surface area contributed by atoms with E-state index < -0.39 is 35.5 Å². The molecule has 3 aromatic rings. The minimum absolute atomic E-state index is 0.139. The summed E-state index contributed by atoms with van der Waals surface area (Å²) in [5.74, 6) is 0.0979. The third-order valence-electron chi connectivity index (χ3n) is 6.27. The van der Waals surface area contributed by atoms with Gasteiger partial charge in [0.05, 0.1) is 24.9 Å². The molecule has 2 aromatic carbocycles. The predicted molar refractivity (Wildman–Crippen MR) is 133 cm³/mol. The highest BCUT2D eigenvalue weighted by Gasteiger charge is 2.44. The molecule has 1 saturated heterocycles. The second-order valence-electron chi connectivity index (χ2n) is 9.91. The molecule has 2 heterocycles. The van der Waals surface area contributed by atoms with Gasteiger partial charge in [0.15, 0.2) is 0 Å². The van der Waals surface area contributed by atoms with Crippen LogP contribution in [0.2, 0.25) is 0 Å². The van der Waals surface area contributed by atoms with Crippen molar-refractivity contribution in [2.45, 2.75) is 45.4 Å². The first-order valence-electron chi connectivity index (χ1n) is 11.6. The second kappa shape index (κ2) is 9.54. The van der Waals surface area contributed by atoms with Gasteiger partial charge in [0.25, 0.3) is 5.91 Å². The number of fused-ring (bicyclic) bond motifs is 1. The van der Waals surface area contributed by atoms with E-state index in [2.05, 4.69) is 0 Å². The van der Waals surface area contributed by atoms with Crippen LogP contribution in [0.3, 0.4) is 0 Å². The van der Waals surface area contributed by atoms with Crippen LogP contribution in [0.4, 0.5) is 0 Å². The summed E-state index contributed by atoms with van der Waals surface area (Å²) in [5, 5.41) is 11.3. The van der Waals surface area contributed by atoms with Crippen LogP contribution in [0.25, 0.3) is 22.2 Å². The number of hydrogen-bond acceptors (Lipinski definition) is 6. The number of aliphatic hydroxyl groups is 1. The van der Waals surface area contributed by atoms with Crippen LogP contribution in [-0.4, -0.2) is 58.7 Å². The zero-order valence-electron chi connectivity index (χ0n) is 20.4. The molecule has 0 aliphatic carbocycles. The zero-order valence-corrected chi connectivity index (χ0v) is 20.4. The van der Waals surface area contributed by atoms with Crippen molar-refractivity contribution >= 4 is 22.7 Å². The summed E-state index contributed by atoms with van der Waals surface area (Å²) < 4.78 is 11.8. The number of aromatic nitrogens is 1. The summed E-state index contributed by atoms with van der Waals surface area (Å²) in [4.78, 5) is 31.3. The number of likely N-dealkylation sites (tertiary alicyclic amines) is 1. The van der Waals surface area contributed by atoms with Gasteiger partial charge in [-0.15, -0.1) is 0 Å². The van der Waals surface area contributed by atoms with E-state index in [0.29, 0.717) is 17.0 Å². The Balaban J connectivity index is 1.69. The van der Waals surface area contributed by atoms with Gasteiger partial charge in [-0.2, -0.15) is 0 Å². The van der Waals surface area contributed by atoms with E-state index >= 15 is 0 Å². The SMILES string of the molecule is COc1ccc2c(O[C@@H]3CC(C(N)=O)N(C(=O)[C@@H](O)C(C)(C)C)C3)cc(-c3ccccc3)nc2c1. The quantitative estimate of drug-likeness (QED) is 0.564. The molecular weight excluding hydrogens is 446 g/mol. The number of nitrogens with zero attached hydrogens (tertiary/aromatic N) is 2. The Morgan fingerprint density at radius 3 is 2.49 bits per heavy atom. The lowest BCUT2D eigenvalue weighted by Gasteiger charge is -2.31. The molecule has 184 valence electrons. The van der Waals surface area contributed by atoms with Crippen molar-refractivity contribution in [1.29, 1.82) is 0 Å². The van der Waals surface area contributed by atoms with Crippen molar-refractivity contribution in [3.8, 4) is 22.8 Å². The van der Waals surface area contributed by atoms with Gasteiger partial charge in [0, 0.05) is 29.5 Å². The average Bonchev–Trinajstić information content (AvgIpc) is 3.26. The van der Waals surface area contributed by atoms with E-state index in [1.54, 1.807) is 27.9 Å². The van der Waals surface area contributed by atoms with E-state index in [1.165, 1.54) is 4.90 Å². The highest BCUT2D eigenvalue weighted by atomic mass is 16.5. The molecule has 1 unspecified atom stereocenters. The number of pyridine rings is 1. The molecule has 1 aliphatic rings. The number of hydrogen-bond donors (Lipinski definition) is 2. The third-order valence-corrected chi connectivity index (χ3v) is 6.27. The topological polar surface area (TPSA) is 115 Å². The summed E-state index contributed by atoms with van der Waals surface area (Å²) in [7, 11) is 1.60. The van der Waals surface area contributed by atoms with Crippen molar-refractivity contribution in [2.24, 2.45) is 11.1 Å². The fraction of sp³-hybridized carbons (Fsp3) is 0.370. The van der Waals surface area contributed by atoms with E-state index in [9.17, 15) is 14.7 Å². The van der Waals surface area contributed by atoms with Crippen molar-refractivity contribution in [1.82, 2.24) is 9.88 Å². The first-order chi connectivity index (χ1) is 16.6. The van der Waals surface area contributed by atoms with E-state index in [4.69, 9.17) is 20.2 Å². The van der Waals surface area contributed by atoms with Gasteiger partial charge in [-0.3, -0.25) is 9.59 Å². The lowest BCUT2D eigenvalue weighted by Crippen LogP contribution is -2.51. The molecule has 0 spiro atoms. The van der Waals surface area contributed by atoms with E-state index in [0.717, 1.165) is 16.6 Å². The molecule has 1 aliphatic heterocycles. The smallest absolute Gasteiger partial charge is 0.252 e. The van der Waals surface area contributed by atoms with Gasteiger partial charge < -0.3 is 25.2 Å². The van der Waals surface area contributed by atoms with Crippen molar-refractivity contribution in [3.05, 3.63) is 54.6 Å². The molecule has 4 rings (SSSR count). The molecule has 0 saturated carbocycles. The Kier molecular flexibility index (Phi) is 6.67. The normalized spacial score (nSPS) is 18.9. The molecular formula is C27H31N3O5. The van der Waals surface area contributed by atoms with Gasteiger partial charge in [0.1, 0.15) is 29.7 Å². The maximum Gasteiger partial charge on any atom is 0.252 e. The minimum Gasteiger partial charge on any atom is -0.497 e. The molecule has 3 N–H and O–H groups in total. The number of nitrogens with two attached hydrogens (primary N) is 1. The minimum atomic E-state index is -1.26. The second-order valence-corrected chi connectivity index (χ2v) is 9.91. The Morgan fingerprint density at radius 2 is 1.86 bits per heavy atom. The number of benzene rings is 2. The Bertz CT molecular complexity index is 1240. The number of carbonyl (C=O) groups excluding carboxylic acids is 2. The summed E-state index contributed by atoms with van der Waals surface area (Å²) >= 11 is 0. The monoisotopic (exact) mass is 477 g/mol. The largest absolute Gasteiger partial charge is 0.497 e. The van der Waals surface area contributed by atoms with Crippen LogP contribution in [0.5, 0.6) is 11.5 Å². The molecule has 0 radical (unpaired) electrons. The van der Waals surface area contributed by atoms with Crippen LogP contribution in [-0.2, 0) is 9.59 Å². The molecule has 3 atom stereocenters. The van der Waals surface area contributed by atoms with Gasteiger partial charge >= 0.3 is 0 Å². The molecule has 35 heavy (non-hydrogen) atoms. The zero-order chi connectivity index (χ0) is 25.3. The van der Waals surface area contributed by atoms with Crippen LogP contribution >= 0.6 is 0 Å². The fourth-order valence-electron chi connectivity index (χ4n) is 4.26. The number of ether oxygens (including phenoxy) is 2. The molecule has 1 aromatic heterocycles. The molecule has 8 heteroatoms. The predicted octanol–water partition coefficient (Wildman–Crippen LogP) is 3.15. The number of rotatable bonds is 6. The van der Waals surface area contributed by atoms with Crippen LogP contribution < -0.4 is 15.2 Å². The molecule has 2 amide bonds. The van der Waals surface area contributed by atoms with Crippen molar-refractivity contribution < 1.29 is 24.2 Å². The van der Waals surface area contributed by atoms with Gasteiger partial charge in [-0.1, -0.05) is 51.1 Å². The Hall–Kier alpha value is -3.65.